The molecule has 1 aromatic rings. The Bertz CT molecular complexity index is 586. The maximum atomic E-state index is 12.2. The minimum Gasteiger partial charge on any atom is -0.377 e. The summed E-state index contributed by atoms with van der Waals surface area (Å²) in [5, 5.41) is 8.80. The van der Waals surface area contributed by atoms with Gasteiger partial charge in [-0.2, -0.15) is 5.26 Å². The van der Waals surface area contributed by atoms with Gasteiger partial charge in [-0.25, -0.2) is 13.1 Å². The fraction of sp³-hybridized carbons (Fsp3) is 0.462. The first-order valence-corrected chi connectivity index (χ1v) is 7.65. The molecule has 1 aliphatic heterocycles. The van der Waals surface area contributed by atoms with E-state index >= 15 is 0 Å². The summed E-state index contributed by atoms with van der Waals surface area (Å²) in [6, 6.07) is 7.63. The van der Waals surface area contributed by atoms with Crippen molar-refractivity contribution in [1.82, 2.24) is 4.72 Å². The van der Waals surface area contributed by atoms with E-state index in [1.165, 1.54) is 12.1 Å². The Balaban J connectivity index is 2.15. The first-order valence-electron chi connectivity index (χ1n) is 6.17. The number of hydrogen-bond donors (Lipinski definition) is 1. The highest BCUT2D eigenvalue weighted by molar-refractivity contribution is 7.89. The van der Waals surface area contributed by atoms with Crippen LogP contribution in [0.2, 0.25) is 0 Å². The fourth-order valence-electron chi connectivity index (χ4n) is 2.12. The van der Waals surface area contributed by atoms with Crippen LogP contribution in [0.15, 0.2) is 29.2 Å². The lowest BCUT2D eigenvalue weighted by Gasteiger charge is -2.19. The smallest absolute Gasteiger partial charge is 0.240 e. The molecule has 2 rings (SSSR count). The Kier molecular flexibility index (Phi) is 4.20. The van der Waals surface area contributed by atoms with Crippen LogP contribution in [0.3, 0.4) is 0 Å². The molecule has 0 radical (unpaired) electrons. The van der Waals surface area contributed by atoms with Crippen LogP contribution in [0, 0.1) is 11.3 Å². The molecule has 0 saturated carbocycles. The maximum absolute atomic E-state index is 12.2. The van der Waals surface area contributed by atoms with Gasteiger partial charge in [-0.3, -0.25) is 0 Å². The molecule has 5 nitrogen and oxygen atoms in total. The van der Waals surface area contributed by atoms with Gasteiger partial charge in [-0.15, -0.1) is 0 Å². The molecule has 1 N–H and O–H groups in total. The first kappa shape index (κ1) is 14.0. The molecule has 0 aliphatic carbocycles. The highest BCUT2D eigenvalue weighted by atomic mass is 32.2. The standard InChI is InChI=1S/C13H16N2O3S/c1-10(13-6-3-7-18-13)15-19(16,17)12-5-2-4-11(8-12)9-14/h2,4-5,8,10,13,15H,3,6-7H2,1H3/t10-,13-/m0/s1. The van der Waals surface area contributed by atoms with Gasteiger partial charge in [0.05, 0.1) is 22.6 Å². The second kappa shape index (κ2) is 5.70. The molecule has 0 spiro atoms. The second-order valence-electron chi connectivity index (χ2n) is 4.60. The Hall–Kier alpha value is -1.42. The SMILES string of the molecule is C[C@H](NS(=O)(=O)c1cccc(C#N)c1)[C@@H]1CCCO1. The van der Waals surface area contributed by atoms with Gasteiger partial charge < -0.3 is 4.74 Å². The first-order chi connectivity index (χ1) is 9.03. The molecule has 1 saturated heterocycles. The van der Waals surface area contributed by atoms with E-state index in [4.69, 9.17) is 10.00 Å². The Labute approximate surface area is 113 Å². The normalized spacial score (nSPS) is 20.9. The molecule has 1 aromatic carbocycles. The van der Waals surface area contributed by atoms with E-state index in [1.54, 1.807) is 19.1 Å². The summed E-state index contributed by atoms with van der Waals surface area (Å²) in [6.07, 6.45) is 1.75. The highest BCUT2D eigenvalue weighted by Crippen LogP contribution is 2.18. The van der Waals surface area contributed by atoms with Crippen LogP contribution in [0.25, 0.3) is 0 Å². The third kappa shape index (κ3) is 3.32. The van der Waals surface area contributed by atoms with E-state index in [-0.39, 0.29) is 17.0 Å². The zero-order valence-corrected chi connectivity index (χ0v) is 11.5. The van der Waals surface area contributed by atoms with Crippen molar-refractivity contribution in [2.75, 3.05) is 6.61 Å². The zero-order valence-electron chi connectivity index (χ0n) is 10.7. The quantitative estimate of drug-likeness (QED) is 0.904. The summed E-state index contributed by atoms with van der Waals surface area (Å²) in [7, 11) is -3.61. The predicted molar refractivity (Wildman–Crippen MR) is 69.9 cm³/mol. The largest absolute Gasteiger partial charge is 0.377 e. The molecule has 1 heterocycles. The number of rotatable bonds is 4. The van der Waals surface area contributed by atoms with Crippen LogP contribution in [-0.2, 0) is 14.8 Å². The number of nitrogens with one attached hydrogen (secondary N) is 1. The number of ether oxygens (including phenoxy) is 1. The van der Waals surface area contributed by atoms with Gasteiger partial charge in [0.1, 0.15) is 0 Å². The van der Waals surface area contributed by atoms with E-state index in [1.807, 2.05) is 6.07 Å². The van der Waals surface area contributed by atoms with Crippen LogP contribution in [0.1, 0.15) is 25.3 Å². The molecule has 0 unspecified atom stereocenters. The van der Waals surface area contributed by atoms with Gasteiger partial charge in [0.15, 0.2) is 0 Å². The third-order valence-corrected chi connectivity index (χ3v) is 4.69. The van der Waals surface area contributed by atoms with Crippen molar-refractivity contribution in [3.63, 3.8) is 0 Å². The van der Waals surface area contributed by atoms with Crippen molar-refractivity contribution in [2.45, 2.75) is 36.8 Å². The molecule has 1 aliphatic rings. The molecule has 0 bridgehead atoms. The minimum atomic E-state index is -3.61. The highest BCUT2D eigenvalue weighted by Gasteiger charge is 2.26. The van der Waals surface area contributed by atoms with Crippen LogP contribution >= 0.6 is 0 Å². The molecule has 0 amide bonds. The summed E-state index contributed by atoms with van der Waals surface area (Å²) in [6.45, 7) is 2.47. The number of nitrogens with zero attached hydrogens (tertiary/aromatic N) is 1. The summed E-state index contributed by atoms with van der Waals surface area (Å²) in [5.41, 5.74) is 0.327. The summed E-state index contributed by atoms with van der Waals surface area (Å²) >= 11 is 0. The van der Waals surface area contributed by atoms with E-state index in [0.29, 0.717) is 12.2 Å². The Morgan fingerprint density at radius 3 is 2.95 bits per heavy atom. The van der Waals surface area contributed by atoms with Crippen molar-refractivity contribution in [3.05, 3.63) is 29.8 Å². The molecule has 6 heteroatoms. The molecule has 0 aromatic heterocycles. The van der Waals surface area contributed by atoms with Gasteiger partial charge in [0.2, 0.25) is 10.0 Å². The van der Waals surface area contributed by atoms with Crippen molar-refractivity contribution < 1.29 is 13.2 Å². The van der Waals surface area contributed by atoms with Crippen molar-refractivity contribution >= 4 is 10.0 Å². The van der Waals surface area contributed by atoms with Gasteiger partial charge >= 0.3 is 0 Å². The molecule has 1 fully saturated rings. The third-order valence-electron chi connectivity index (χ3n) is 3.14. The molecule has 19 heavy (non-hydrogen) atoms. The summed E-state index contributed by atoms with van der Waals surface area (Å²) in [5.74, 6) is 0. The molecule has 102 valence electrons. The van der Waals surface area contributed by atoms with Crippen LogP contribution in [0.4, 0.5) is 0 Å². The topological polar surface area (TPSA) is 79.2 Å². The lowest BCUT2D eigenvalue weighted by Crippen LogP contribution is -2.40. The number of hydrogen-bond acceptors (Lipinski definition) is 4. The predicted octanol–water partition coefficient (Wildman–Crippen LogP) is 1.40. The molecular formula is C13H16N2O3S. The van der Waals surface area contributed by atoms with Gasteiger partial charge in [-0.05, 0) is 38.0 Å². The maximum Gasteiger partial charge on any atom is 0.240 e. The minimum absolute atomic E-state index is 0.0751. The van der Waals surface area contributed by atoms with Gasteiger partial charge in [0.25, 0.3) is 0 Å². The lowest BCUT2D eigenvalue weighted by atomic mass is 10.1. The van der Waals surface area contributed by atoms with Crippen LogP contribution < -0.4 is 4.72 Å². The number of nitriles is 1. The van der Waals surface area contributed by atoms with Crippen LogP contribution in [-0.4, -0.2) is 27.2 Å². The van der Waals surface area contributed by atoms with E-state index < -0.39 is 10.0 Å². The number of benzene rings is 1. The van der Waals surface area contributed by atoms with E-state index in [9.17, 15) is 8.42 Å². The average Bonchev–Trinajstić information content (AvgIpc) is 2.92. The van der Waals surface area contributed by atoms with E-state index in [0.717, 1.165) is 12.8 Å². The van der Waals surface area contributed by atoms with E-state index in [2.05, 4.69) is 4.72 Å². The van der Waals surface area contributed by atoms with Gasteiger partial charge in [0, 0.05) is 12.6 Å². The zero-order chi connectivity index (χ0) is 13.9. The molecular weight excluding hydrogens is 264 g/mol. The lowest BCUT2D eigenvalue weighted by molar-refractivity contribution is 0.0902. The summed E-state index contributed by atoms with van der Waals surface area (Å²) in [4.78, 5) is 0.108. The molecule has 2 atom stereocenters. The van der Waals surface area contributed by atoms with Gasteiger partial charge in [-0.1, -0.05) is 6.07 Å². The second-order valence-corrected chi connectivity index (χ2v) is 6.32. The monoisotopic (exact) mass is 280 g/mol. The van der Waals surface area contributed by atoms with Crippen LogP contribution in [0.5, 0.6) is 0 Å². The van der Waals surface area contributed by atoms with Crippen molar-refractivity contribution in [1.29, 1.82) is 5.26 Å². The van der Waals surface area contributed by atoms with Crippen molar-refractivity contribution in [3.8, 4) is 6.07 Å². The fourth-order valence-corrected chi connectivity index (χ4v) is 3.44. The Morgan fingerprint density at radius 2 is 2.32 bits per heavy atom. The Morgan fingerprint density at radius 1 is 1.53 bits per heavy atom. The average molecular weight is 280 g/mol. The van der Waals surface area contributed by atoms with Crippen molar-refractivity contribution in [2.24, 2.45) is 0 Å². The summed E-state index contributed by atoms with van der Waals surface area (Å²) < 4.78 is 32.4. The number of sulfonamides is 1.